The van der Waals surface area contributed by atoms with E-state index in [-0.39, 0.29) is 12.5 Å². The highest BCUT2D eigenvalue weighted by Crippen LogP contribution is 2.10. The van der Waals surface area contributed by atoms with Gasteiger partial charge in [-0.15, -0.1) is 11.3 Å². The normalized spacial score (nSPS) is 9.94. The van der Waals surface area contributed by atoms with E-state index < -0.39 is 5.97 Å². The number of hydrogen-bond acceptors (Lipinski definition) is 5. The molecule has 0 aliphatic heterocycles. The summed E-state index contributed by atoms with van der Waals surface area (Å²) in [5.74, 6) is -0.667. The van der Waals surface area contributed by atoms with Gasteiger partial charge in [0.1, 0.15) is 12.2 Å². The van der Waals surface area contributed by atoms with E-state index in [0.717, 1.165) is 5.01 Å². The van der Waals surface area contributed by atoms with Crippen LogP contribution in [-0.2, 0) is 9.53 Å². The van der Waals surface area contributed by atoms with Gasteiger partial charge in [0.15, 0.2) is 0 Å². The zero-order valence-corrected chi connectivity index (χ0v) is 10.3. The van der Waals surface area contributed by atoms with Gasteiger partial charge < -0.3 is 9.64 Å². The van der Waals surface area contributed by atoms with Crippen LogP contribution in [0.4, 0.5) is 0 Å². The lowest BCUT2D eigenvalue weighted by Crippen LogP contribution is -2.36. The van der Waals surface area contributed by atoms with Crippen LogP contribution in [0.1, 0.15) is 22.4 Å². The standard InChI is InChI=1S/C10H14N2O3S/c1-4-12(5-9(13)15-3)10(14)8-6-16-7(2)11-8/h6H,4-5H2,1-3H3. The summed E-state index contributed by atoms with van der Waals surface area (Å²) in [6.07, 6.45) is 0. The van der Waals surface area contributed by atoms with Crippen molar-refractivity contribution in [3.05, 3.63) is 16.1 Å². The molecule has 1 rings (SSSR count). The van der Waals surface area contributed by atoms with Crippen LogP contribution < -0.4 is 0 Å². The molecule has 0 bridgehead atoms. The maximum Gasteiger partial charge on any atom is 0.325 e. The van der Waals surface area contributed by atoms with Crippen LogP contribution in [0.5, 0.6) is 0 Å². The SMILES string of the molecule is CCN(CC(=O)OC)C(=O)c1csc(C)n1. The Morgan fingerprint density at radius 2 is 2.25 bits per heavy atom. The Kier molecular flexibility index (Phi) is 4.42. The largest absolute Gasteiger partial charge is 0.468 e. The molecule has 0 atom stereocenters. The summed E-state index contributed by atoms with van der Waals surface area (Å²) in [4.78, 5) is 28.5. The summed E-state index contributed by atoms with van der Waals surface area (Å²) in [6, 6.07) is 0. The molecule has 0 aromatic carbocycles. The Balaban J connectivity index is 2.73. The van der Waals surface area contributed by atoms with Crippen LogP contribution in [0.15, 0.2) is 5.38 Å². The lowest BCUT2D eigenvalue weighted by molar-refractivity contribution is -0.141. The molecule has 0 unspecified atom stereocenters. The second kappa shape index (κ2) is 5.60. The smallest absolute Gasteiger partial charge is 0.325 e. The van der Waals surface area contributed by atoms with Crippen molar-refractivity contribution in [1.29, 1.82) is 0 Å². The van der Waals surface area contributed by atoms with Crippen molar-refractivity contribution in [3.8, 4) is 0 Å². The predicted octanol–water partition coefficient (Wildman–Crippen LogP) is 1.09. The van der Waals surface area contributed by atoms with Crippen LogP contribution in [0.3, 0.4) is 0 Å². The number of rotatable bonds is 4. The van der Waals surface area contributed by atoms with Gasteiger partial charge in [-0.3, -0.25) is 9.59 Å². The lowest BCUT2D eigenvalue weighted by Gasteiger charge is -2.17. The maximum atomic E-state index is 11.9. The van der Waals surface area contributed by atoms with Gasteiger partial charge in [0, 0.05) is 11.9 Å². The van der Waals surface area contributed by atoms with Crippen molar-refractivity contribution < 1.29 is 14.3 Å². The van der Waals surface area contributed by atoms with E-state index in [1.54, 1.807) is 12.3 Å². The van der Waals surface area contributed by atoms with Gasteiger partial charge >= 0.3 is 5.97 Å². The fourth-order valence-corrected chi connectivity index (χ4v) is 1.76. The van der Waals surface area contributed by atoms with E-state index in [4.69, 9.17) is 0 Å². The number of methoxy groups -OCH3 is 1. The number of aryl methyl sites for hydroxylation is 1. The second-order valence-corrected chi connectivity index (χ2v) is 4.21. The zero-order chi connectivity index (χ0) is 12.1. The molecule has 0 radical (unpaired) electrons. The molecular weight excluding hydrogens is 228 g/mol. The Morgan fingerprint density at radius 1 is 1.56 bits per heavy atom. The Bertz CT molecular complexity index is 389. The summed E-state index contributed by atoms with van der Waals surface area (Å²) in [7, 11) is 1.30. The van der Waals surface area contributed by atoms with Crippen LogP contribution in [0.25, 0.3) is 0 Å². The molecule has 1 aromatic heterocycles. The molecule has 1 amide bonds. The van der Waals surface area contributed by atoms with Gasteiger partial charge in [-0.25, -0.2) is 4.98 Å². The maximum absolute atomic E-state index is 11.9. The zero-order valence-electron chi connectivity index (χ0n) is 9.52. The number of thiazole rings is 1. The van der Waals surface area contributed by atoms with E-state index in [1.807, 2.05) is 6.92 Å². The average Bonchev–Trinajstić information content (AvgIpc) is 2.71. The van der Waals surface area contributed by atoms with Gasteiger partial charge in [0.05, 0.1) is 12.1 Å². The first-order valence-electron chi connectivity index (χ1n) is 4.86. The molecule has 6 heteroatoms. The fourth-order valence-electron chi connectivity index (χ4n) is 1.17. The minimum atomic E-state index is -0.429. The third-order valence-corrected chi connectivity index (χ3v) is 2.83. The average molecular weight is 242 g/mol. The van der Waals surface area contributed by atoms with E-state index in [0.29, 0.717) is 12.2 Å². The fraction of sp³-hybridized carbons (Fsp3) is 0.500. The van der Waals surface area contributed by atoms with Crippen molar-refractivity contribution >= 4 is 23.2 Å². The minimum Gasteiger partial charge on any atom is -0.468 e. The molecule has 1 heterocycles. The van der Waals surface area contributed by atoms with E-state index in [9.17, 15) is 9.59 Å². The number of ether oxygens (including phenoxy) is 1. The molecule has 88 valence electrons. The summed E-state index contributed by atoms with van der Waals surface area (Å²) < 4.78 is 4.52. The van der Waals surface area contributed by atoms with Gasteiger partial charge in [0.25, 0.3) is 5.91 Å². The van der Waals surface area contributed by atoms with Crippen molar-refractivity contribution in [2.75, 3.05) is 20.2 Å². The first kappa shape index (κ1) is 12.6. The second-order valence-electron chi connectivity index (χ2n) is 3.15. The van der Waals surface area contributed by atoms with Crippen molar-refractivity contribution in [3.63, 3.8) is 0 Å². The van der Waals surface area contributed by atoms with Crippen molar-refractivity contribution in [2.24, 2.45) is 0 Å². The number of nitrogens with zero attached hydrogens (tertiary/aromatic N) is 2. The van der Waals surface area contributed by atoms with Gasteiger partial charge in [0.2, 0.25) is 0 Å². The van der Waals surface area contributed by atoms with Crippen LogP contribution in [-0.4, -0.2) is 42.0 Å². The van der Waals surface area contributed by atoms with Gasteiger partial charge in [-0.1, -0.05) is 0 Å². The third-order valence-electron chi connectivity index (χ3n) is 2.05. The molecule has 0 aliphatic carbocycles. The minimum absolute atomic E-state index is 0.0393. The van der Waals surface area contributed by atoms with Gasteiger partial charge in [-0.05, 0) is 13.8 Å². The summed E-state index contributed by atoms with van der Waals surface area (Å²) >= 11 is 1.41. The third kappa shape index (κ3) is 3.03. The van der Waals surface area contributed by atoms with Gasteiger partial charge in [-0.2, -0.15) is 0 Å². The van der Waals surface area contributed by atoms with E-state index >= 15 is 0 Å². The molecule has 1 aromatic rings. The Labute approximate surface area is 98.0 Å². The molecule has 5 nitrogen and oxygen atoms in total. The predicted molar refractivity (Wildman–Crippen MR) is 60.4 cm³/mol. The number of aromatic nitrogens is 1. The monoisotopic (exact) mass is 242 g/mol. The number of carbonyl (C=O) groups is 2. The summed E-state index contributed by atoms with van der Waals surface area (Å²) in [5, 5.41) is 2.52. The molecule has 0 N–H and O–H groups in total. The number of hydrogen-bond donors (Lipinski definition) is 0. The number of esters is 1. The van der Waals surface area contributed by atoms with E-state index in [1.165, 1.54) is 23.3 Å². The first-order valence-corrected chi connectivity index (χ1v) is 5.74. The van der Waals surface area contributed by atoms with Crippen molar-refractivity contribution in [1.82, 2.24) is 9.88 Å². The highest BCUT2D eigenvalue weighted by atomic mass is 32.1. The molecule has 0 spiro atoms. The highest BCUT2D eigenvalue weighted by molar-refractivity contribution is 7.09. The van der Waals surface area contributed by atoms with Crippen molar-refractivity contribution in [2.45, 2.75) is 13.8 Å². The van der Waals surface area contributed by atoms with Crippen LogP contribution in [0.2, 0.25) is 0 Å². The molecule has 16 heavy (non-hydrogen) atoms. The number of likely N-dealkylation sites (N-methyl/N-ethyl adjacent to an activating group) is 1. The quantitative estimate of drug-likeness (QED) is 0.741. The molecule has 0 fully saturated rings. The number of carbonyl (C=O) groups excluding carboxylic acids is 2. The highest BCUT2D eigenvalue weighted by Gasteiger charge is 2.19. The molecule has 0 saturated carbocycles. The first-order chi connectivity index (χ1) is 7.58. The Hall–Kier alpha value is -1.43. The number of amides is 1. The summed E-state index contributed by atoms with van der Waals surface area (Å²) in [5.41, 5.74) is 0.383. The van der Waals surface area contributed by atoms with E-state index in [2.05, 4.69) is 9.72 Å². The molecule has 0 aliphatic rings. The summed E-state index contributed by atoms with van der Waals surface area (Å²) in [6.45, 7) is 4.05. The topological polar surface area (TPSA) is 59.5 Å². The molecule has 0 saturated heterocycles. The lowest BCUT2D eigenvalue weighted by atomic mass is 10.4. The molecular formula is C10H14N2O3S. The van der Waals surface area contributed by atoms with Crippen LogP contribution >= 0.6 is 11.3 Å². The Morgan fingerprint density at radius 3 is 2.69 bits per heavy atom. The van der Waals surface area contributed by atoms with Crippen LogP contribution in [0, 0.1) is 6.92 Å².